The van der Waals surface area contributed by atoms with Gasteiger partial charge in [-0.05, 0) is 30.5 Å². The van der Waals surface area contributed by atoms with Gasteiger partial charge in [-0.25, -0.2) is 8.42 Å². The third-order valence-electron chi connectivity index (χ3n) is 6.71. The number of carbonyl (C=O) groups is 3. The van der Waals surface area contributed by atoms with E-state index in [0.29, 0.717) is 29.0 Å². The first kappa shape index (κ1) is 23.2. The molecule has 2 aromatic rings. The minimum Gasteiger partial charge on any atom is -0.493 e. The predicted octanol–water partition coefficient (Wildman–Crippen LogP) is 1.37. The molecule has 3 amide bonds. The number of benzene rings is 2. The summed E-state index contributed by atoms with van der Waals surface area (Å²) in [5.74, 6) is -0.499. The molecule has 3 aliphatic heterocycles. The van der Waals surface area contributed by atoms with Crippen LogP contribution in [0.3, 0.4) is 0 Å². The maximum absolute atomic E-state index is 13.6. The maximum Gasteiger partial charge on any atom is 0.264 e. The highest BCUT2D eigenvalue weighted by molar-refractivity contribution is 7.91. The molecule has 3 heterocycles. The van der Waals surface area contributed by atoms with Gasteiger partial charge in [0.15, 0.2) is 21.3 Å². The molecule has 1 N–H and O–H groups in total. The molecular formula is C24H25N3O7S. The van der Waals surface area contributed by atoms with Crippen molar-refractivity contribution in [2.24, 2.45) is 5.92 Å². The van der Waals surface area contributed by atoms with Crippen LogP contribution < -0.4 is 19.7 Å². The fraction of sp³-hybridized carbons (Fsp3) is 0.375. The molecule has 0 spiro atoms. The molecular weight excluding hydrogens is 474 g/mol. The van der Waals surface area contributed by atoms with Crippen LogP contribution in [-0.4, -0.2) is 69.9 Å². The Hall–Kier alpha value is -3.60. The number of amides is 3. The molecule has 0 aromatic heterocycles. The normalized spacial score (nSPS) is 21.9. The van der Waals surface area contributed by atoms with Crippen LogP contribution in [0.25, 0.3) is 0 Å². The summed E-state index contributed by atoms with van der Waals surface area (Å²) in [7, 11) is -0.144. The minimum absolute atomic E-state index is 0.0448. The lowest BCUT2D eigenvalue weighted by atomic mass is 10.0. The monoisotopic (exact) mass is 499 g/mol. The highest BCUT2D eigenvalue weighted by atomic mass is 32.2. The van der Waals surface area contributed by atoms with Gasteiger partial charge in [-0.3, -0.25) is 19.3 Å². The number of anilines is 1. The summed E-state index contributed by atoms with van der Waals surface area (Å²) < 4.78 is 34.3. The Balaban J connectivity index is 1.49. The molecule has 0 bridgehead atoms. The molecule has 184 valence electrons. The lowest BCUT2D eigenvalue weighted by Crippen LogP contribution is -2.51. The van der Waals surface area contributed by atoms with E-state index in [1.807, 2.05) is 0 Å². The summed E-state index contributed by atoms with van der Waals surface area (Å²) in [4.78, 5) is 42.9. The Morgan fingerprint density at radius 1 is 1.09 bits per heavy atom. The number of nitrogens with zero attached hydrogens (tertiary/aromatic N) is 2. The summed E-state index contributed by atoms with van der Waals surface area (Å²) in [6, 6.07) is 10.1. The van der Waals surface area contributed by atoms with Crippen molar-refractivity contribution in [2.75, 3.05) is 43.7 Å². The standard InChI is InChI=1S/C24H25N3O7S/c1-33-18-8-7-16-20(21(18)34-2)24(30)27-17-6-4-3-5-15(17)23(29)26(22(16)27)12-19(28)25-11-14-9-10-35(31,32)13-14/h3-8,14,22H,9-13H2,1-2H3,(H,25,28)/t14-,22-/m1/s1. The van der Waals surface area contributed by atoms with Crippen molar-refractivity contribution >= 4 is 33.2 Å². The van der Waals surface area contributed by atoms with Crippen molar-refractivity contribution in [3.8, 4) is 11.5 Å². The lowest BCUT2D eigenvalue weighted by molar-refractivity contribution is -0.122. The van der Waals surface area contributed by atoms with E-state index in [-0.39, 0.29) is 53.6 Å². The summed E-state index contributed by atoms with van der Waals surface area (Å²) in [6.45, 7) is -0.0829. The number of carbonyl (C=O) groups excluding carboxylic acids is 3. The van der Waals surface area contributed by atoms with Crippen molar-refractivity contribution in [3.63, 3.8) is 0 Å². The fourth-order valence-corrected chi connectivity index (χ4v) is 6.95. The van der Waals surface area contributed by atoms with Gasteiger partial charge in [-0.15, -0.1) is 0 Å². The second-order valence-corrected chi connectivity index (χ2v) is 11.1. The van der Waals surface area contributed by atoms with Gasteiger partial charge in [-0.2, -0.15) is 0 Å². The van der Waals surface area contributed by atoms with Crippen LogP contribution >= 0.6 is 0 Å². The number of hydrogen-bond donors (Lipinski definition) is 1. The average molecular weight is 500 g/mol. The van der Waals surface area contributed by atoms with Crippen molar-refractivity contribution < 1.29 is 32.3 Å². The molecule has 0 aliphatic carbocycles. The Kier molecular flexibility index (Phi) is 5.66. The summed E-state index contributed by atoms with van der Waals surface area (Å²) in [5, 5.41) is 2.76. The number of sulfone groups is 1. The smallest absolute Gasteiger partial charge is 0.264 e. The largest absolute Gasteiger partial charge is 0.493 e. The molecule has 2 aromatic carbocycles. The zero-order chi connectivity index (χ0) is 24.9. The number of para-hydroxylation sites is 1. The fourth-order valence-electron chi connectivity index (χ4n) is 5.09. The third kappa shape index (κ3) is 3.79. The number of methoxy groups -OCH3 is 2. The average Bonchev–Trinajstić information content (AvgIpc) is 3.35. The Morgan fingerprint density at radius 3 is 2.54 bits per heavy atom. The predicted molar refractivity (Wildman–Crippen MR) is 126 cm³/mol. The summed E-state index contributed by atoms with van der Waals surface area (Å²) in [6.07, 6.45) is -0.337. The van der Waals surface area contributed by atoms with E-state index >= 15 is 0 Å². The second-order valence-electron chi connectivity index (χ2n) is 8.84. The van der Waals surface area contributed by atoms with Crippen molar-refractivity contribution in [3.05, 3.63) is 53.1 Å². The van der Waals surface area contributed by atoms with Gasteiger partial charge in [0.1, 0.15) is 12.7 Å². The zero-order valence-corrected chi connectivity index (χ0v) is 20.1. The van der Waals surface area contributed by atoms with E-state index in [0.717, 1.165) is 0 Å². The number of fused-ring (bicyclic) bond motifs is 5. The topological polar surface area (TPSA) is 122 Å². The van der Waals surface area contributed by atoms with Crippen molar-refractivity contribution in [2.45, 2.75) is 12.6 Å². The lowest BCUT2D eigenvalue weighted by Gasteiger charge is -2.40. The van der Waals surface area contributed by atoms with Crippen molar-refractivity contribution in [1.29, 1.82) is 0 Å². The van der Waals surface area contributed by atoms with Crippen LogP contribution in [0, 0.1) is 5.92 Å². The summed E-state index contributed by atoms with van der Waals surface area (Å²) >= 11 is 0. The van der Waals surface area contributed by atoms with Crippen LogP contribution in [0.15, 0.2) is 36.4 Å². The SMILES string of the molecule is COc1ccc2c(c1OC)C(=O)N1c3ccccc3C(=O)N(CC(=O)NC[C@H]3CCS(=O)(=O)C3)[C@@H]21. The van der Waals surface area contributed by atoms with Gasteiger partial charge < -0.3 is 19.7 Å². The quantitative estimate of drug-likeness (QED) is 0.637. The first-order chi connectivity index (χ1) is 16.8. The number of nitrogens with one attached hydrogen (secondary N) is 1. The van der Waals surface area contributed by atoms with Crippen LogP contribution in [-0.2, 0) is 14.6 Å². The molecule has 3 aliphatic rings. The van der Waals surface area contributed by atoms with Crippen molar-refractivity contribution in [1.82, 2.24) is 10.2 Å². The number of ether oxygens (including phenoxy) is 2. The van der Waals surface area contributed by atoms with E-state index in [9.17, 15) is 22.8 Å². The summed E-state index contributed by atoms with van der Waals surface area (Å²) in [5.41, 5.74) is 1.58. The van der Waals surface area contributed by atoms with E-state index in [1.165, 1.54) is 24.0 Å². The second kappa shape index (κ2) is 8.56. The zero-order valence-electron chi connectivity index (χ0n) is 19.3. The molecule has 35 heavy (non-hydrogen) atoms. The van der Waals surface area contributed by atoms with Gasteiger partial charge in [0.2, 0.25) is 5.91 Å². The van der Waals surface area contributed by atoms with Crippen LogP contribution in [0.5, 0.6) is 11.5 Å². The minimum atomic E-state index is -3.06. The van der Waals surface area contributed by atoms with E-state index in [4.69, 9.17) is 9.47 Å². The van der Waals surface area contributed by atoms with Gasteiger partial charge in [-0.1, -0.05) is 18.2 Å². The molecule has 0 radical (unpaired) electrons. The van der Waals surface area contributed by atoms with Crippen LogP contribution in [0.2, 0.25) is 0 Å². The molecule has 1 fully saturated rings. The Bertz CT molecular complexity index is 1340. The molecule has 2 atom stereocenters. The third-order valence-corrected chi connectivity index (χ3v) is 8.55. The van der Waals surface area contributed by atoms with Crippen LogP contribution in [0.4, 0.5) is 5.69 Å². The van der Waals surface area contributed by atoms with Gasteiger partial charge >= 0.3 is 0 Å². The van der Waals surface area contributed by atoms with E-state index in [2.05, 4.69) is 5.32 Å². The molecule has 1 saturated heterocycles. The molecule has 0 saturated carbocycles. The number of rotatable bonds is 6. The molecule has 10 nitrogen and oxygen atoms in total. The first-order valence-electron chi connectivity index (χ1n) is 11.2. The molecule has 0 unspecified atom stereocenters. The van der Waals surface area contributed by atoms with Crippen LogP contribution in [0.1, 0.15) is 38.9 Å². The highest BCUT2D eigenvalue weighted by Gasteiger charge is 2.50. The van der Waals surface area contributed by atoms with Gasteiger partial charge in [0, 0.05) is 12.1 Å². The molecule has 5 rings (SSSR count). The highest BCUT2D eigenvalue weighted by Crippen LogP contribution is 2.49. The Morgan fingerprint density at radius 2 is 1.86 bits per heavy atom. The maximum atomic E-state index is 13.6. The first-order valence-corrected chi connectivity index (χ1v) is 13.0. The van der Waals surface area contributed by atoms with Gasteiger partial charge in [0.25, 0.3) is 11.8 Å². The van der Waals surface area contributed by atoms with Gasteiger partial charge in [0.05, 0.1) is 42.5 Å². The molecule has 11 heteroatoms. The van der Waals surface area contributed by atoms with E-state index in [1.54, 1.807) is 36.4 Å². The number of hydrogen-bond acceptors (Lipinski definition) is 7. The Labute approximate surface area is 202 Å². The van der Waals surface area contributed by atoms with E-state index < -0.39 is 21.9 Å².